The van der Waals surface area contributed by atoms with Crippen molar-refractivity contribution in [3.63, 3.8) is 0 Å². The van der Waals surface area contributed by atoms with Crippen molar-refractivity contribution >= 4 is 11.7 Å². The molecule has 0 saturated heterocycles. The third kappa shape index (κ3) is 4.15. The summed E-state index contributed by atoms with van der Waals surface area (Å²) in [4.78, 5) is 28.3. The average Bonchev–Trinajstić information content (AvgIpc) is 2.96. The Balaban J connectivity index is 1.68. The van der Waals surface area contributed by atoms with Crippen LogP contribution < -0.4 is 10.1 Å². The Hall–Kier alpha value is -2.56. The minimum atomic E-state index is -0.128. The van der Waals surface area contributed by atoms with Crippen molar-refractivity contribution in [3.05, 3.63) is 52.8 Å². The summed E-state index contributed by atoms with van der Waals surface area (Å²) in [5.41, 5.74) is 2.43. The molecule has 138 valence electrons. The predicted octanol–water partition coefficient (Wildman–Crippen LogP) is 3.96. The molecule has 1 aromatic heterocycles. The zero-order chi connectivity index (χ0) is 18.5. The summed E-state index contributed by atoms with van der Waals surface area (Å²) in [7, 11) is 0. The number of carbonyl (C=O) groups excluding carboxylic acids is 2. The first-order chi connectivity index (χ1) is 12.6. The normalized spacial score (nSPS) is 14.8. The number of para-hydroxylation sites is 1. The van der Waals surface area contributed by atoms with E-state index in [-0.39, 0.29) is 24.3 Å². The maximum Gasteiger partial charge on any atom is 0.268 e. The van der Waals surface area contributed by atoms with E-state index in [0.717, 1.165) is 25.7 Å². The standard InChI is InChI=1S/C21H26N2O3/c1-14-19(18(24)13-26-17-11-7-4-8-12-17)15(2)22-20(14)21(25)23-16-9-5-3-6-10-16/h4,7-8,11-12,16,22H,3,5-6,9-10,13H2,1-2H3,(H,23,25). The van der Waals surface area contributed by atoms with Crippen LogP contribution in [-0.2, 0) is 0 Å². The fraction of sp³-hybridized carbons (Fsp3) is 0.429. The van der Waals surface area contributed by atoms with Crippen LogP contribution in [0.25, 0.3) is 0 Å². The zero-order valence-corrected chi connectivity index (χ0v) is 15.4. The second kappa shape index (κ2) is 8.21. The van der Waals surface area contributed by atoms with E-state index in [1.807, 2.05) is 44.2 Å². The van der Waals surface area contributed by atoms with Gasteiger partial charge in [-0.15, -0.1) is 0 Å². The van der Waals surface area contributed by atoms with Gasteiger partial charge in [-0.25, -0.2) is 0 Å². The number of aryl methyl sites for hydroxylation is 1. The molecule has 0 unspecified atom stereocenters. The minimum absolute atomic E-state index is 0.0484. The number of ether oxygens (including phenoxy) is 1. The molecule has 1 aromatic carbocycles. The molecular weight excluding hydrogens is 328 g/mol. The largest absolute Gasteiger partial charge is 0.485 e. The van der Waals surface area contributed by atoms with E-state index < -0.39 is 0 Å². The Bertz CT molecular complexity index is 774. The molecule has 1 fully saturated rings. The summed E-state index contributed by atoms with van der Waals surface area (Å²) in [6, 6.07) is 9.48. The molecular formula is C21H26N2O3. The summed E-state index contributed by atoms with van der Waals surface area (Å²) in [6.07, 6.45) is 5.62. The van der Waals surface area contributed by atoms with Gasteiger partial charge in [-0.3, -0.25) is 9.59 Å². The molecule has 26 heavy (non-hydrogen) atoms. The third-order valence-corrected chi connectivity index (χ3v) is 5.00. The third-order valence-electron chi connectivity index (χ3n) is 5.00. The number of aromatic amines is 1. The van der Waals surface area contributed by atoms with Crippen LogP contribution in [0.1, 0.15) is 64.2 Å². The molecule has 2 aromatic rings. The van der Waals surface area contributed by atoms with Crippen LogP contribution in [0.4, 0.5) is 0 Å². The van der Waals surface area contributed by atoms with E-state index in [1.165, 1.54) is 6.42 Å². The number of benzene rings is 1. The predicted molar refractivity (Wildman–Crippen MR) is 101 cm³/mol. The Kier molecular flexibility index (Phi) is 5.76. The topological polar surface area (TPSA) is 71.2 Å². The number of carbonyl (C=O) groups is 2. The van der Waals surface area contributed by atoms with Crippen LogP contribution in [0.15, 0.2) is 30.3 Å². The van der Waals surface area contributed by atoms with E-state index in [1.54, 1.807) is 0 Å². The molecule has 1 amide bonds. The van der Waals surface area contributed by atoms with Crippen molar-refractivity contribution in [3.8, 4) is 5.75 Å². The Morgan fingerprint density at radius 2 is 1.81 bits per heavy atom. The zero-order valence-electron chi connectivity index (χ0n) is 15.4. The van der Waals surface area contributed by atoms with Crippen LogP contribution in [0.3, 0.4) is 0 Å². The monoisotopic (exact) mass is 354 g/mol. The molecule has 1 aliphatic rings. The number of ketones is 1. The fourth-order valence-electron chi connectivity index (χ4n) is 3.64. The second-order valence-electron chi connectivity index (χ2n) is 6.96. The van der Waals surface area contributed by atoms with Gasteiger partial charge in [0.15, 0.2) is 6.61 Å². The minimum Gasteiger partial charge on any atom is -0.485 e. The number of aromatic nitrogens is 1. The highest BCUT2D eigenvalue weighted by Gasteiger charge is 2.24. The number of rotatable bonds is 6. The molecule has 2 N–H and O–H groups in total. The molecule has 1 aliphatic carbocycles. The summed E-state index contributed by atoms with van der Waals surface area (Å²) in [5, 5.41) is 3.10. The van der Waals surface area contributed by atoms with Gasteiger partial charge < -0.3 is 15.0 Å². The number of hydrogen-bond donors (Lipinski definition) is 2. The maximum atomic E-state index is 12.6. The molecule has 3 rings (SSSR count). The first kappa shape index (κ1) is 18.2. The summed E-state index contributed by atoms with van der Waals surface area (Å²) >= 11 is 0. The quantitative estimate of drug-likeness (QED) is 0.772. The van der Waals surface area contributed by atoms with Gasteiger partial charge in [0.2, 0.25) is 5.78 Å². The molecule has 5 heteroatoms. The highest BCUT2D eigenvalue weighted by molar-refractivity contribution is 6.04. The van der Waals surface area contributed by atoms with Crippen LogP contribution >= 0.6 is 0 Å². The Morgan fingerprint density at radius 1 is 1.12 bits per heavy atom. The highest BCUT2D eigenvalue weighted by Crippen LogP contribution is 2.21. The molecule has 1 heterocycles. The SMILES string of the molecule is Cc1[nH]c(C(=O)NC2CCCCC2)c(C)c1C(=O)COc1ccccc1. The number of Topliss-reactive ketones (excluding diaryl/α,β-unsaturated/α-hetero) is 1. The second-order valence-corrected chi connectivity index (χ2v) is 6.96. The van der Waals surface area contributed by atoms with Gasteiger partial charge in [0, 0.05) is 17.3 Å². The average molecular weight is 354 g/mol. The van der Waals surface area contributed by atoms with Gasteiger partial charge >= 0.3 is 0 Å². The number of nitrogens with one attached hydrogen (secondary N) is 2. The molecule has 0 atom stereocenters. The van der Waals surface area contributed by atoms with Crippen LogP contribution in [0.2, 0.25) is 0 Å². The van der Waals surface area contributed by atoms with E-state index in [4.69, 9.17) is 4.74 Å². The van der Waals surface area contributed by atoms with Gasteiger partial charge in [-0.2, -0.15) is 0 Å². The first-order valence-electron chi connectivity index (χ1n) is 9.27. The Morgan fingerprint density at radius 3 is 2.50 bits per heavy atom. The number of amides is 1. The van der Waals surface area contributed by atoms with Crippen molar-refractivity contribution < 1.29 is 14.3 Å². The van der Waals surface area contributed by atoms with Crippen molar-refractivity contribution in [2.45, 2.75) is 52.0 Å². The van der Waals surface area contributed by atoms with Crippen molar-refractivity contribution in [1.29, 1.82) is 0 Å². The fourth-order valence-corrected chi connectivity index (χ4v) is 3.64. The molecule has 0 spiro atoms. The van der Waals surface area contributed by atoms with Crippen LogP contribution in [-0.4, -0.2) is 29.3 Å². The van der Waals surface area contributed by atoms with Gasteiger partial charge in [0.05, 0.1) is 0 Å². The van der Waals surface area contributed by atoms with Crippen molar-refractivity contribution in [2.75, 3.05) is 6.61 Å². The van der Waals surface area contributed by atoms with Crippen molar-refractivity contribution in [2.24, 2.45) is 0 Å². The number of hydrogen-bond acceptors (Lipinski definition) is 3. The van der Waals surface area contributed by atoms with Gasteiger partial charge in [0.1, 0.15) is 11.4 Å². The number of H-pyrrole nitrogens is 1. The lowest BCUT2D eigenvalue weighted by Gasteiger charge is -2.22. The summed E-state index contributed by atoms with van der Waals surface area (Å²) in [5.74, 6) is 0.402. The molecule has 0 bridgehead atoms. The molecule has 5 nitrogen and oxygen atoms in total. The van der Waals surface area contributed by atoms with E-state index in [9.17, 15) is 9.59 Å². The highest BCUT2D eigenvalue weighted by atomic mass is 16.5. The molecule has 0 radical (unpaired) electrons. The summed E-state index contributed by atoms with van der Waals surface area (Å²) < 4.78 is 5.56. The van der Waals surface area contributed by atoms with Crippen LogP contribution in [0.5, 0.6) is 5.75 Å². The van der Waals surface area contributed by atoms with Gasteiger partial charge in [-0.1, -0.05) is 37.5 Å². The lowest BCUT2D eigenvalue weighted by Crippen LogP contribution is -2.36. The first-order valence-corrected chi connectivity index (χ1v) is 9.27. The van der Waals surface area contributed by atoms with Crippen molar-refractivity contribution in [1.82, 2.24) is 10.3 Å². The maximum absolute atomic E-state index is 12.6. The smallest absolute Gasteiger partial charge is 0.268 e. The Labute approximate surface area is 154 Å². The lowest BCUT2D eigenvalue weighted by molar-refractivity contribution is 0.0918. The van der Waals surface area contributed by atoms with E-state index >= 15 is 0 Å². The van der Waals surface area contributed by atoms with Gasteiger partial charge in [-0.05, 0) is 44.4 Å². The van der Waals surface area contributed by atoms with E-state index in [2.05, 4.69) is 10.3 Å². The van der Waals surface area contributed by atoms with Gasteiger partial charge in [0.25, 0.3) is 5.91 Å². The molecule has 0 aliphatic heterocycles. The summed E-state index contributed by atoms with van der Waals surface area (Å²) in [6.45, 7) is 3.59. The van der Waals surface area contributed by atoms with E-state index in [0.29, 0.717) is 28.3 Å². The molecule has 1 saturated carbocycles. The van der Waals surface area contributed by atoms with Crippen LogP contribution in [0, 0.1) is 13.8 Å². The lowest BCUT2D eigenvalue weighted by atomic mass is 9.95.